The molecule has 0 aliphatic heterocycles. The van der Waals surface area contributed by atoms with Gasteiger partial charge in [-0.3, -0.25) is 0 Å². The predicted molar refractivity (Wildman–Crippen MR) is 75.3 cm³/mol. The molecule has 1 unspecified atom stereocenters. The third-order valence-electron chi connectivity index (χ3n) is 3.44. The summed E-state index contributed by atoms with van der Waals surface area (Å²) in [4.78, 5) is 4.30. The van der Waals surface area contributed by atoms with E-state index in [4.69, 9.17) is 26.6 Å². The van der Waals surface area contributed by atoms with Crippen molar-refractivity contribution in [3.05, 3.63) is 35.1 Å². The van der Waals surface area contributed by atoms with E-state index in [2.05, 4.69) is 10.1 Å². The van der Waals surface area contributed by atoms with Crippen LogP contribution in [0.15, 0.2) is 28.8 Å². The van der Waals surface area contributed by atoms with Gasteiger partial charge in [-0.2, -0.15) is 4.98 Å². The van der Waals surface area contributed by atoms with Crippen molar-refractivity contribution in [3.63, 3.8) is 0 Å². The van der Waals surface area contributed by atoms with Crippen molar-refractivity contribution in [2.24, 2.45) is 5.73 Å². The summed E-state index contributed by atoms with van der Waals surface area (Å²) >= 11 is 6.09. The third-order valence-corrected chi connectivity index (χ3v) is 3.77. The maximum absolute atomic E-state index is 6.09. The second kappa shape index (κ2) is 5.91. The zero-order valence-corrected chi connectivity index (χ0v) is 11.7. The number of rotatable bonds is 5. The first kappa shape index (κ1) is 13.5. The molecule has 1 fully saturated rings. The molecule has 1 aliphatic rings. The highest BCUT2D eigenvalue weighted by Crippen LogP contribution is 2.27. The average Bonchev–Trinajstić information content (AvgIpc) is 2.87. The Morgan fingerprint density at radius 3 is 2.90 bits per heavy atom. The number of hydrogen-bond acceptors (Lipinski definition) is 5. The first-order chi connectivity index (χ1) is 9.74. The van der Waals surface area contributed by atoms with Gasteiger partial charge in [-0.05, 0) is 31.4 Å². The minimum atomic E-state index is -0.379. The van der Waals surface area contributed by atoms with Gasteiger partial charge in [-0.25, -0.2) is 0 Å². The van der Waals surface area contributed by atoms with E-state index in [-0.39, 0.29) is 6.04 Å². The predicted octanol–water partition coefficient (Wildman–Crippen LogP) is 2.96. The zero-order valence-electron chi connectivity index (χ0n) is 11.0. The fraction of sp³-hybridized carbons (Fsp3) is 0.429. The number of ether oxygens (including phenoxy) is 1. The molecule has 1 atom stereocenters. The molecule has 0 saturated heterocycles. The van der Waals surface area contributed by atoms with E-state index in [0.717, 1.165) is 12.8 Å². The molecule has 20 heavy (non-hydrogen) atoms. The maximum Gasteiger partial charge on any atom is 0.259 e. The monoisotopic (exact) mass is 293 g/mol. The largest absolute Gasteiger partial charge is 0.376 e. The van der Waals surface area contributed by atoms with Crippen molar-refractivity contribution in [1.82, 2.24) is 10.1 Å². The Kier molecular flexibility index (Phi) is 4.00. The van der Waals surface area contributed by atoms with E-state index in [1.165, 1.54) is 6.42 Å². The number of aromatic nitrogens is 2. The number of nitrogens with two attached hydrogens (primary N) is 1. The fourth-order valence-corrected chi connectivity index (χ4v) is 2.20. The molecule has 0 amide bonds. The number of hydrogen-bond donors (Lipinski definition) is 1. The Balaban J connectivity index is 1.68. The van der Waals surface area contributed by atoms with Crippen LogP contribution in [0.2, 0.25) is 5.02 Å². The maximum atomic E-state index is 6.09. The van der Waals surface area contributed by atoms with Crippen molar-refractivity contribution in [1.29, 1.82) is 0 Å². The highest BCUT2D eigenvalue weighted by Gasteiger charge is 2.22. The highest BCUT2D eigenvalue weighted by molar-refractivity contribution is 6.33. The number of halogens is 1. The molecule has 1 aromatic carbocycles. The standard InChI is InChI=1S/C14H16ClN3O2/c15-11-7-2-1-6-10(11)14-17-13(18-20-14)12(16)8-19-9-4-3-5-9/h1-2,6-7,9,12H,3-5,8,16H2. The average molecular weight is 294 g/mol. The topological polar surface area (TPSA) is 74.2 Å². The van der Waals surface area contributed by atoms with Gasteiger partial charge in [0.2, 0.25) is 0 Å². The molecule has 1 aliphatic carbocycles. The first-order valence-electron chi connectivity index (χ1n) is 6.69. The van der Waals surface area contributed by atoms with E-state index in [0.29, 0.717) is 35.0 Å². The second-order valence-corrected chi connectivity index (χ2v) is 5.34. The summed E-state index contributed by atoms with van der Waals surface area (Å²) in [5, 5.41) is 4.48. The van der Waals surface area contributed by atoms with E-state index in [9.17, 15) is 0 Å². The lowest BCUT2D eigenvalue weighted by atomic mass is 9.96. The molecular weight excluding hydrogens is 278 g/mol. The van der Waals surface area contributed by atoms with Gasteiger partial charge in [0.1, 0.15) is 0 Å². The Morgan fingerprint density at radius 1 is 1.40 bits per heavy atom. The third kappa shape index (κ3) is 2.85. The number of benzene rings is 1. The highest BCUT2D eigenvalue weighted by atomic mass is 35.5. The van der Waals surface area contributed by atoms with Crippen LogP contribution in [0.4, 0.5) is 0 Å². The van der Waals surface area contributed by atoms with Crippen molar-refractivity contribution >= 4 is 11.6 Å². The lowest BCUT2D eigenvalue weighted by Gasteiger charge is -2.26. The Labute approximate surface area is 122 Å². The second-order valence-electron chi connectivity index (χ2n) is 4.93. The Bertz CT molecular complexity index is 583. The van der Waals surface area contributed by atoms with Gasteiger partial charge in [-0.15, -0.1) is 0 Å². The molecule has 6 heteroatoms. The molecule has 2 aromatic rings. The minimum absolute atomic E-state index is 0.344. The molecule has 1 saturated carbocycles. The van der Waals surface area contributed by atoms with E-state index in [1.807, 2.05) is 18.2 Å². The van der Waals surface area contributed by atoms with E-state index < -0.39 is 0 Å². The summed E-state index contributed by atoms with van der Waals surface area (Å²) in [5.74, 6) is 0.823. The molecule has 3 rings (SSSR count). The number of nitrogens with zero attached hydrogens (tertiary/aromatic N) is 2. The molecular formula is C14H16ClN3O2. The van der Waals surface area contributed by atoms with Crippen LogP contribution in [0.25, 0.3) is 11.5 Å². The molecule has 2 N–H and O–H groups in total. The Hall–Kier alpha value is -1.43. The smallest absolute Gasteiger partial charge is 0.259 e. The van der Waals surface area contributed by atoms with Gasteiger partial charge in [0.05, 0.1) is 29.3 Å². The van der Waals surface area contributed by atoms with Crippen molar-refractivity contribution in [2.45, 2.75) is 31.4 Å². The summed E-state index contributed by atoms with van der Waals surface area (Å²) < 4.78 is 10.9. The SMILES string of the molecule is NC(COC1CCC1)c1noc(-c2ccccc2Cl)n1. The van der Waals surface area contributed by atoms with Gasteiger partial charge >= 0.3 is 0 Å². The molecule has 1 heterocycles. The van der Waals surface area contributed by atoms with E-state index in [1.54, 1.807) is 6.07 Å². The lowest BCUT2D eigenvalue weighted by Crippen LogP contribution is -2.27. The quantitative estimate of drug-likeness (QED) is 0.917. The summed E-state index contributed by atoms with van der Waals surface area (Å²) in [6, 6.07) is 6.94. The lowest BCUT2D eigenvalue weighted by molar-refractivity contribution is -0.00549. The molecule has 1 aromatic heterocycles. The summed E-state index contributed by atoms with van der Waals surface area (Å²) in [7, 11) is 0. The van der Waals surface area contributed by atoms with Crippen molar-refractivity contribution < 1.29 is 9.26 Å². The summed E-state index contributed by atoms with van der Waals surface area (Å²) in [6.45, 7) is 0.409. The normalized spacial score (nSPS) is 16.9. The molecule has 5 nitrogen and oxygen atoms in total. The minimum Gasteiger partial charge on any atom is -0.376 e. The van der Waals surface area contributed by atoms with Crippen LogP contribution in [0.1, 0.15) is 31.1 Å². The van der Waals surface area contributed by atoms with Gasteiger partial charge in [0.25, 0.3) is 5.89 Å². The van der Waals surface area contributed by atoms with Crippen LogP contribution in [0.3, 0.4) is 0 Å². The summed E-state index contributed by atoms with van der Waals surface area (Å²) in [6.07, 6.45) is 3.81. The van der Waals surface area contributed by atoms with Crippen molar-refractivity contribution in [3.8, 4) is 11.5 Å². The van der Waals surface area contributed by atoms with Crippen LogP contribution in [-0.4, -0.2) is 22.9 Å². The molecule has 0 spiro atoms. The van der Waals surface area contributed by atoms with Crippen LogP contribution in [0.5, 0.6) is 0 Å². The van der Waals surface area contributed by atoms with Gasteiger partial charge in [0, 0.05) is 0 Å². The molecule has 0 radical (unpaired) electrons. The Morgan fingerprint density at radius 2 is 2.20 bits per heavy atom. The van der Waals surface area contributed by atoms with Crippen molar-refractivity contribution in [2.75, 3.05) is 6.61 Å². The fourth-order valence-electron chi connectivity index (χ4n) is 1.98. The van der Waals surface area contributed by atoms with Crippen LogP contribution in [0, 0.1) is 0 Å². The summed E-state index contributed by atoms with van der Waals surface area (Å²) in [5.41, 5.74) is 6.72. The molecule has 0 bridgehead atoms. The van der Waals surface area contributed by atoms with E-state index >= 15 is 0 Å². The molecule has 106 valence electrons. The van der Waals surface area contributed by atoms with Gasteiger partial charge in [-0.1, -0.05) is 28.9 Å². The van der Waals surface area contributed by atoms with Gasteiger partial charge in [0.15, 0.2) is 5.82 Å². The van der Waals surface area contributed by atoms with Gasteiger partial charge < -0.3 is 15.0 Å². The zero-order chi connectivity index (χ0) is 13.9. The van der Waals surface area contributed by atoms with Crippen LogP contribution >= 0.6 is 11.6 Å². The first-order valence-corrected chi connectivity index (χ1v) is 7.07. The van der Waals surface area contributed by atoms with Crippen LogP contribution in [-0.2, 0) is 4.74 Å². The van der Waals surface area contributed by atoms with Crippen LogP contribution < -0.4 is 5.73 Å².